The molecule has 0 amide bonds. The second kappa shape index (κ2) is 9.42. The van der Waals surface area contributed by atoms with Crippen molar-refractivity contribution in [1.29, 1.82) is 0 Å². The van der Waals surface area contributed by atoms with Crippen molar-refractivity contribution in [2.24, 2.45) is 11.1 Å². The second-order valence-electron chi connectivity index (χ2n) is 10.4. The van der Waals surface area contributed by atoms with Crippen molar-refractivity contribution >= 4 is 27.0 Å². The summed E-state index contributed by atoms with van der Waals surface area (Å²) >= 11 is 0. The third kappa shape index (κ3) is 4.87. The van der Waals surface area contributed by atoms with Gasteiger partial charge in [-0.05, 0) is 64.5 Å². The number of hydrogen-bond donors (Lipinski definition) is 2. The van der Waals surface area contributed by atoms with Gasteiger partial charge in [0.1, 0.15) is 16.7 Å². The maximum Gasteiger partial charge on any atom is 0.295 e. The standard InChI is InChI=1S/C26H29N9O3S/c1-13-20(22(17-6-7-17)31-12-30-13)23-32-14(2)21-25(34-23)35(15(3)16-4-5-16)26(36)24(33-21)29-10-18-8-9-19(11-28-18)39(27,37)38/h8-9,11-12,15-17H,4-7,10H2,1-3H3,(H,29,33)(H2,27,37,38)/t15-/m0/s1. The molecule has 39 heavy (non-hydrogen) atoms. The van der Waals surface area contributed by atoms with Gasteiger partial charge in [-0.15, -0.1) is 0 Å². The molecule has 12 nitrogen and oxygen atoms in total. The lowest BCUT2D eigenvalue weighted by atomic mass is 10.1. The van der Waals surface area contributed by atoms with E-state index in [0.717, 1.165) is 42.6 Å². The van der Waals surface area contributed by atoms with Crippen LogP contribution in [0.15, 0.2) is 34.3 Å². The van der Waals surface area contributed by atoms with Gasteiger partial charge < -0.3 is 5.32 Å². The summed E-state index contributed by atoms with van der Waals surface area (Å²) in [6, 6.07) is 2.85. The number of anilines is 1. The van der Waals surface area contributed by atoms with Crippen LogP contribution in [-0.4, -0.2) is 42.9 Å². The van der Waals surface area contributed by atoms with Crippen molar-refractivity contribution in [1.82, 2.24) is 34.5 Å². The molecule has 0 spiro atoms. The third-order valence-electron chi connectivity index (χ3n) is 7.44. The average molecular weight is 548 g/mol. The van der Waals surface area contributed by atoms with E-state index in [4.69, 9.17) is 15.1 Å². The van der Waals surface area contributed by atoms with Gasteiger partial charge in [0.2, 0.25) is 10.0 Å². The van der Waals surface area contributed by atoms with Gasteiger partial charge in [-0.1, -0.05) is 0 Å². The fraction of sp³-hybridized carbons (Fsp3) is 0.423. The van der Waals surface area contributed by atoms with E-state index < -0.39 is 10.0 Å². The zero-order valence-electron chi connectivity index (χ0n) is 21.9. The van der Waals surface area contributed by atoms with Crippen LogP contribution in [0.3, 0.4) is 0 Å². The summed E-state index contributed by atoms with van der Waals surface area (Å²) in [7, 11) is -3.84. The van der Waals surface area contributed by atoms with E-state index in [0.29, 0.717) is 40.2 Å². The molecule has 4 heterocycles. The first-order valence-electron chi connectivity index (χ1n) is 13.0. The third-order valence-corrected chi connectivity index (χ3v) is 8.34. The van der Waals surface area contributed by atoms with E-state index in [1.165, 1.54) is 12.3 Å². The monoisotopic (exact) mass is 547 g/mol. The summed E-state index contributed by atoms with van der Waals surface area (Å²) in [6.07, 6.45) is 7.04. The number of sulfonamides is 1. The van der Waals surface area contributed by atoms with Crippen molar-refractivity contribution in [2.45, 2.75) is 69.9 Å². The first-order chi connectivity index (χ1) is 18.6. The average Bonchev–Trinajstić information content (AvgIpc) is 3.81. The summed E-state index contributed by atoms with van der Waals surface area (Å²) in [5.74, 6) is 1.44. The minimum atomic E-state index is -3.84. The Morgan fingerprint density at radius 2 is 1.82 bits per heavy atom. The van der Waals surface area contributed by atoms with E-state index in [1.807, 2.05) is 20.8 Å². The minimum Gasteiger partial charge on any atom is -0.360 e. The van der Waals surface area contributed by atoms with E-state index in [-0.39, 0.29) is 28.9 Å². The fourth-order valence-corrected chi connectivity index (χ4v) is 5.37. The number of pyridine rings is 1. The number of nitrogens with two attached hydrogens (primary N) is 1. The summed E-state index contributed by atoms with van der Waals surface area (Å²) in [4.78, 5) is 41.2. The first kappa shape index (κ1) is 25.4. The van der Waals surface area contributed by atoms with E-state index >= 15 is 0 Å². The number of hydrogen-bond acceptors (Lipinski definition) is 10. The molecule has 2 fully saturated rings. The molecule has 4 aromatic heterocycles. The maximum absolute atomic E-state index is 13.8. The Hall–Kier alpha value is -3.84. The molecule has 0 aliphatic heterocycles. The first-order valence-corrected chi connectivity index (χ1v) is 14.5. The number of primary sulfonamides is 1. The van der Waals surface area contributed by atoms with E-state index in [2.05, 4.69) is 25.3 Å². The Labute approximate surface area is 225 Å². The molecular formula is C26H29N9O3S. The number of aromatic nitrogens is 7. The van der Waals surface area contributed by atoms with Crippen LogP contribution in [0, 0.1) is 19.8 Å². The predicted molar refractivity (Wildman–Crippen MR) is 144 cm³/mol. The lowest BCUT2D eigenvalue weighted by Gasteiger charge is -2.20. The molecule has 1 atom stereocenters. The number of aryl methyl sites for hydroxylation is 2. The molecule has 3 N–H and O–H groups in total. The predicted octanol–water partition coefficient (Wildman–Crippen LogP) is 2.76. The van der Waals surface area contributed by atoms with E-state index in [9.17, 15) is 13.2 Å². The Morgan fingerprint density at radius 3 is 2.46 bits per heavy atom. The molecule has 0 saturated heterocycles. The Morgan fingerprint density at radius 1 is 1.05 bits per heavy atom. The van der Waals surface area contributed by atoms with Crippen LogP contribution in [0.2, 0.25) is 0 Å². The van der Waals surface area contributed by atoms with Crippen LogP contribution < -0.4 is 16.0 Å². The number of nitrogens with zero attached hydrogens (tertiary/aromatic N) is 7. The van der Waals surface area contributed by atoms with Gasteiger partial charge in [0.25, 0.3) is 5.56 Å². The molecule has 2 aliphatic carbocycles. The number of rotatable bonds is 8. The maximum atomic E-state index is 13.8. The molecule has 0 unspecified atom stereocenters. The molecular weight excluding hydrogens is 518 g/mol. The highest BCUT2D eigenvalue weighted by Crippen LogP contribution is 2.44. The van der Waals surface area contributed by atoms with Gasteiger partial charge in [0, 0.05) is 18.2 Å². The second-order valence-corrected chi connectivity index (χ2v) is 12.0. The summed E-state index contributed by atoms with van der Waals surface area (Å²) < 4.78 is 24.8. The quantitative estimate of drug-likeness (QED) is 0.334. The van der Waals surface area contributed by atoms with Crippen LogP contribution in [-0.2, 0) is 16.6 Å². The van der Waals surface area contributed by atoms with Gasteiger partial charge >= 0.3 is 0 Å². The minimum absolute atomic E-state index is 0.0751. The lowest BCUT2D eigenvalue weighted by Crippen LogP contribution is -2.30. The van der Waals surface area contributed by atoms with Gasteiger partial charge in [-0.2, -0.15) is 0 Å². The van der Waals surface area contributed by atoms with Crippen molar-refractivity contribution in [3.05, 3.63) is 57.8 Å². The van der Waals surface area contributed by atoms with Gasteiger partial charge in [-0.3, -0.25) is 14.3 Å². The largest absolute Gasteiger partial charge is 0.360 e. The van der Waals surface area contributed by atoms with Gasteiger partial charge in [0.15, 0.2) is 17.3 Å². The van der Waals surface area contributed by atoms with Crippen molar-refractivity contribution in [3.8, 4) is 11.4 Å². The van der Waals surface area contributed by atoms with E-state index in [1.54, 1.807) is 17.0 Å². The highest BCUT2D eigenvalue weighted by atomic mass is 32.2. The molecule has 0 radical (unpaired) electrons. The van der Waals surface area contributed by atoms with Crippen LogP contribution in [0.5, 0.6) is 0 Å². The molecule has 2 aliphatic rings. The number of nitrogens with one attached hydrogen (secondary N) is 1. The summed E-state index contributed by atoms with van der Waals surface area (Å²) in [5, 5.41) is 8.24. The zero-order chi connectivity index (χ0) is 27.5. The van der Waals surface area contributed by atoms with Crippen molar-refractivity contribution in [2.75, 3.05) is 5.32 Å². The van der Waals surface area contributed by atoms with Crippen LogP contribution in [0.25, 0.3) is 22.6 Å². The fourth-order valence-electron chi connectivity index (χ4n) is 4.91. The van der Waals surface area contributed by atoms with Gasteiger partial charge in [-0.25, -0.2) is 38.5 Å². The normalized spacial score (nSPS) is 16.4. The smallest absolute Gasteiger partial charge is 0.295 e. The van der Waals surface area contributed by atoms with Crippen LogP contribution in [0.4, 0.5) is 5.82 Å². The SMILES string of the molecule is Cc1ncnc(C2CC2)c1-c1nc(C)c2nc(NCc3ccc(S(N)(=O)=O)cn3)c(=O)n([C@@H](C)C3CC3)c2n1. The summed E-state index contributed by atoms with van der Waals surface area (Å²) in [5.41, 5.74) is 4.52. The molecule has 0 aromatic carbocycles. The molecule has 0 bridgehead atoms. The molecule has 202 valence electrons. The highest BCUT2D eigenvalue weighted by molar-refractivity contribution is 7.89. The Kier molecular flexibility index (Phi) is 6.14. The molecule has 13 heteroatoms. The van der Waals surface area contributed by atoms with Gasteiger partial charge in [0.05, 0.1) is 34.9 Å². The Bertz CT molecular complexity index is 1760. The zero-order valence-corrected chi connectivity index (χ0v) is 22.7. The van der Waals surface area contributed by atoms with Crippen molar-refractivity contribution in [3.63, 3.8) is 0 Å². The Balaban J connectivity index is 1.44. The van der Waals surface area contributed by atoms with Crippen LogP contribution in [0.1, 0.15) is 67.3 Å². The van der Waals surface area contributed by atoms with Crippen LogP contribution >= 0.6 is 0 Å². The molecule has 6 rings (SSSR count). The molecule has 2 saturated carbocycles. The topological polar surface area (TPSA) is 172 Å². The molecule has 4 aromatic rings. The number of fused-ring (bicyclic) bond motifs is 1. The van der Waals surface area contributed by atoms with Crippen molar-refractivity contribution < 1.29 is 8.42 Å². The summed E-state index contributed by atoms with van der Waals surface area (Å²) in [6.45, 7) is 6.00. The highest BCUT2D eigenvalue weighted by Gasteiger charge is 2.33. The lowest BCUT2D eigenvalue weighted by molar-refractivity contribution is 0.482.